The Morgan fingerprint density at radius 3 is 2.44 bits per heavy atom. The minimum atomic E-state index is -0.0393. The average Bonchev–Trinajstić information content (AvgIpc) is 2.90. The van der Waals surface area contributed by atoms with Gasteiger partial charge in [0.2, 0.25) is 5.91 Å². The number of nitrogens with zero attached hydrogens (tertiary/aromatic N) is 1. The molecule has 0 aliphatic heterocycles. The third kappa shape index (κ3) is 7.76. The summed E-state index contributed by atoms with van der Waals surface area (Å²) in [6.07, 6.45) is 4.72. The lowest BCUT2D eigenvalue weighted by Crippen LogP contribution is -2.36. The molecule has 1 rings (SSSR count). The maximum Gasteiger partial charge on any atom is 0.257 e. The molecule has 25 heavy (non-hydrogen) atoms. The monoisotopic (exact) mass is 350 g/mol. The van der Waals surface area contributed by atoms with E-state index in [0.717, 1.165) is 25.0 Å². The van der Waals surface area contributed by atoms with Crippen molar-refractivity contribution in [3.63, 3.8) is 0 Å². The fourth-order valence-electron chi connectivity index (χ4n) is 2.70. The van der Waals surface area contributed by atoms with Crippen molar-refractivity contribution in [3.05, 3.63) is 23.2 Å². The molecule has 5 heteroatoms. The third-order valence-corrected chi connectivity index (χ3v) is 4.16. The fourth-order valence-corrected chi connectivity index (χ4v) is 2.70. The van der Waals surface area contributed by atoms with Crippen LogP contribution in [-0.2, 0) is 4.79 Å². The van der Waals surface area contributed by atoms with Crippen molar-refractivity contribution in [2.45, 2.75) is 66.7 Å². The Bertz CT molecular complexity index is 549. The number of carbonyl (C=O) groups excluding carboxylic acids is 2. The van der Waals surface area contributed by atoms with Gasteiger partial charge in [-0.05, 0) is 32.3 Å². The van der Waals surface area contributed by atoms with Gasteiger partial charge in [-0.15, -0.1) is 0 Å². The van der Waals surface area contributed by atoms with E-state index in [9.17, 15) is 9.59 Å². The molecule has 0 spiro atoms. The van der Waals surface area contributed by atoms with Crippen LogP contribution in [0.15, 0.2) is 10.5 Å². The van der Waals surface area contributed by atoms with Crippen molar-refractivity contribution in [2.24, 2.45) is 5.92 Å². The number of aryl methyl sites for hydroxylation is 2. The molecule has 0 aliphatic rings. The second kappa shape index (κ2) is 11.0. The van der Waals surface area contributed by atoms with Crippen LogP contribution in [0.4, 0.5) is 0 Å². The summed E-state index contributed by atoms with van der Waals surface area (Å²) in [5.41, 5.74) is 0.607. The maximum atomic E-state index is 12.9. The molecule has 1 aromatic rings. The van der Waals surface area contributed by atoms with E-state index in [1.165, 1.54) is 6.42 Å². The average molecular weight is 351 g/mol. The highest BCUT2D eigenvalue weighted by atomic mass is 16.3. The van der Waals surface area contributed by atoms with Crippen molar-refractivity contribution in [1.29, 1.82) is 0 Å². The molecule has 0 atom stereocenters. The number of furan rings is 1. The molecule has 0 aliphatic carbocycles. The van der Waals surface area contributed by atoms with Crippen LogP contribution in [0.5, 0.6) is 0 Å². The number of rotatable bonds is 11. The molecule has 0 saturated heterocycles. The van der Waals surface area contributed by atoms with Crippen LogP contribution in [0.25, 0.3) is 0 Å². The molecule has 0 aromatic carbocycles. The summed E-state index contributed by atoms with van der Waals surface area (Å²) in [7, 11) is 0. The minimum Gasteiger partial charge on any atom is -0.466 e. The minimum absolute atomic E-state index is 0.000143. The van der Waals surface area contributed by atoms with Gasteiger partial charge in [-0.3, -0.25) is 9.59 Å². The zero-order valence-corrected chi connectivity index (χ0v) is 16.5. The van der Waals surface area contributed by atoms with E-state index in [0.29, 0.717) is 43.3 Å². The highest BCUT2D eigenvalue weighted by molar-refractivity contribution is 5.95. The summed E-state index contributed by atoms with van der Waals surface area (Å²) >= 11 is 0. The molecule has 0 fully saturated rings. The predicted molar refractivity (Wildman–Crippen MR) is 101 cm³/mol. The molecule has 1 aromatic heterocycles. The first kappa shape index (κ1) is 21.3. The van der Waals surface area contributed by atoms with E-state index in [-0.39, 0.29) is 11.8 Å². The lowest BCUT2D eigenvalue weighted by Gasteiger charge is -2.22. The highest BCUT2D eigenvalue weighted by Gasteiger charge is 2.21. The van der Waals surface area contributed by atoms with E-state index in [4.69, 9.17) is 4.42 Å². The first-order valence-corrected chi connectivity index (χ1v) is 9.48. The predicted octanol–water partition coefficient (Wildman–Crippen LogP) is 4.08. The second-order valence-corrected chi connectivity index (χ2v) is 7.13. The van der Waals surface area contributed by atoms with Crippen molar-refractivity contribution >= 4 is 11.8 Å². The Balaban J connectivity index is 2.66. The molecule has 142 valence electrons. The van der Waals surface area contributed by atoms with Crippen LogP contribution < -0.4 is 5.32 Å². The van der Waals surface area contributed by atoms with Crippen molar-refractivity contribution in [1.82, 2.24) is 10.2 Å². The summed E-state index contributed by atoms with van der Waals surface area (Å²) in [6, 6.07) is 1.79. The van der Waals surface area contributed by atoms with E-state index in [1.54, 1.807) is 11.0 Å². The van der Waals surface area contributed by atoms with Gasteiger partial charge < -0.3 is 14.6 Å². The number of hydrogen-bond acceptors (Lipinski definition) is 3. The molecule has 0 radical (unpaired) electrons. The Labute approximate surface area is 152 Å². The number of hydrogen-bond donors (Lipinski definition) is 1. The van der Waals surface area contributed by atoms with E-state index in [2.05, 4.69) is 26.1 Å². The smallest absolute Gasteiger partial charge is 0.257 e. The summed E-state index contributed by atoms with van der Waals surface area (Å²) in [5, 5.41) is 2.91. The van der Waals surface area contributed by atoms with Crippen LogP contribution in [0.1, 0.15) is 74.8 Å². The molecular formula is C20H34N2O3. The quantitative estimate of drug-likeness (QED) is 0.612. The van der Waals surface area contributed by atoms with Crippen LogP contribution in [0, 0.1) is 19.8 Å². The van der Waals surface area contributed by atoms with Crippen LogP contribution in [0.3, 0.4) is 0 Å². The third-order valence-electron chi connectivity index (χ3n) is 4.16. The standard InChI is InChI=1S/C20H34N2O3/c1-6-7-8-9-11-22(12-10-19(23)21-14-15(2)3)20(24)18-13-16(4)25-17(18)5/h13,15H,6-12,14H2,1-5H3,(H,21,23). The van der Waals surface area contributed by atoms with Gasteiger partial charge in [-0.2, -0.15) is 0 Å². The normalized spacial score (nSPS) is 11.0. The van der Waals surface area contributed by atoms with E-state index >= 15 is 0 Å². The Hall–Kier alpha value is -1.78. The number of amides is 2. The lowest BCUT2D eigenvalue weighted by atomic mass is 10.1. The van der Waals surface area contributed by atoms with Gasteiger partial charge in [0, 0.05) is 26.1 Å². The molecule has 2 amide bonds. The van der Waals surface area contributed by atoms with Crippen LogP contribution >= 0.6 is 0 Å². The number of carbonyl (C=O) groups is 2. The second-order valence-electron chi connectivity index (χ2n) is 7.13. The van der Waals surface area contributed by atoms with E-state index in [1.807, 2.05) is 13.8 Å². The topological polar surface area (TPSA) is 62.6 Å². The van der Waals surface area contributed by atoms with Crippen LogP contribution in [0.2, 0.25) is 0 Å². The number of unbranched alkanes of at least 4 members (excludes halogenated alkanes) is 3. The molecule has 1 heterocycles. The first-order valence-electron chi connectivity index (χ1n) is 9.48. The first-order chi connectivity index (χ1) is 11.8. The highest BCUT2D eigenvalue weighted by Crippen LogP contribution is 2.17. The Morgan fingerprint density at radius 2 is 1.88 bits per heavy atom. The van der Waals surface area contributed by atoms with Crippen molar-refractivity contribution < 1.29 is 14.0 Å². The zero-order valence-electron chi connectivity index (χ0n) is 16.5. The molecule has 0 unspecified atom stereocenters. The van der Waals surface area contributed by atoms with Crippen molar-refractivity contribution in [3.8, 4) is 0 Å². The van der Waals surface area contributed by atoms with Crippen LogP contribution in [-0.4, -0.2) is 36.3 Å². The molecule has 0 saturated carbocycles. The molecule has 1 N–H and O–H groups in total. The molecular weight excluding hydrogens is 316 g/mol. The summed E-state index contributed by atoms with van der Waals surface area (Å²) in [5.74, 6) is 1.77. The SMILES string of the molecule is CCCCCCN(CCC(=O)NCC(C)C)C(=O)c1cc(C)oc1C. The van der Waals surface area contributed by atoms with Gasteiger partial charge in [-0.1, -0.05) is 40.0 Å². The largest absolute Gasteiger partial charge is 0.466 e. The maximum absolute atomic E-state index is 12.9. The Kier molecular flexibility index (Phi) is 9.32. The zero-order chi connectivity index (χ0) is 18.8. The summed E-state index contributed by atoms with van der Waals surface area (Å²) in [4.78, 5) is 26.6. The van der Waals surface area contributed by atoms with Crippen molar-refractivity contribution in [2.75, 3.05) is 19.6 Å². The van der Waals surface area contributed by atoms with Gasteiger partial charge in [-0.25, -0.2) is 0 Å². The van der Waals surface area contributed by atoms with Gasteiger partial charge in [0.05, 0.1) is 5.56 Å². The molecule has 0 bridgehead atoms. The van der Waals surface area contributed by atoms with Gasteiger partial charge in [0.25, 0.3) is 5.91 Å². The van der Waals surface area contributed by atoms with Gasteiger partial charge in [0.1, 0.15) is 11.5 Å². The summed E-state index contributed by atoms with van der Waals surface area (Å²) in [6.45, 7) is 11.7. The Morgan fingerprint density at radius 1 is 1.16 bits per heavy atom. The molecule has 5 nitrogen and oxygen atoms in total. The van der Waals surface area contributed by atoms with Gasteiger partial charge in [0.15, 0.2) is 0 Å². The fraction of sp³-hybridized carbons (Fsp3) is 0.700. The van der Waals surface area contributed by atoms with E-state index < -0.39 is 0 Å². The number of nitrogens with one attached hydrogen (secondary N) is 1. The lowest BCUT2D eigenvalue weighted by molar-refractivity contribution is -0.121. The van der Waals surface area contributed by atoms with Gasteiger partial charge >= 0.3 is 0 Å². The summed E-state index contributed by atoms with van der Waals surface area (Å²) < 4.78 is 5.49.